The lowest BCUT2D eigenvalue weighted by Gasteiger charge is -2.10. The summed E-state index contributed by atoms with van der Waals surface area (Å²) in [6.45, 7) is 1.79. The average Bonchev–Trinajstić information content (AvgIpc) is 3.43. The molecule has 156 valence electrons. The summed E-state index contributed by atoms with van der Waals surface area (Å²) in [4.78, 5) is 16.1. The Morgan fingerprint density at radius 2 is 2.00 bits per heavy atom. The molecule has 3 heterocycles. The van der Waals surface area contributed by atoms with E-state index in [1.165, 1.54) is 0 Å². The van der Waals surface area contributed by atoms with E-state index in [1.54, 1.807) is 12.4 Å². The molecule has 1 amide bonds. The van der Waals surface area contributed by atoms with E-state index in [4.69, 9.17) is 9.47 Å². The predicted octanol–water partition coefficient (Wildman–Crippen LogP) is 2.96. The minimum Gasteiger partial charge on any atom is -0.376 e. The van der Waals surface area contributed by atoms with Crippen LogP contribution in [0.5, 0.6) is 0 Å². The molecule has 7 heteroatoms. The van der Waals surface area contributed by atoms with Crippen LogP contribution in [0.2, 0.25) is 0 Å². The van der Waals surface area contributed by atoms with E-state index in [2.05, 4.69) is 15.4 Å². The molecule has 1 unspecified atom stereocenters. The molecule has 0 spiro atoms. The van der Waals surface area contributed by atoms with Gasteiger partial charge in [-0.05, 0) is 36.1 Å². The molecule has 1 saturated heterocycles. The van der Waals surface area contributed by atoms with Crippen molar-refractivity contribution >= 4 is 5.91 Å². The van der Waals surface area contributed by atoms with Crippen molar-refractivity contribution in [3.05, 3.63) is 60.6 Å². The number of nitrogens with one attached hydrogen (secondary N) is 1. The Kier molecular flexibility index (Phi) is 6.51. The largest absolute Gasteiger partial charge is 0.376 e. The monoisotopic (exact) mass is 406 g/mol. The SMILES string of the molecule is Cn1cc(-c2ccncc2)c(-c2ccc(CNC(=O)COCC3CCCO3)cc2)n1. The fourth-order valence-electron chi connectivity index (χ4n) is 3.54. The second kappa shape index (κ2) is 9.65. The van der Waals surface area contributed by atoms with Crippen LogP contribution in [-0.2, 0) is 27.9 Å². The Hall–Kier alpha value is -3.03. The molecular formula is C23H26N4O3. The van der Waals surface area contributed by atoms with E-state index >= 15 is 0 Å². The van der Waals surface area contributed by atoms with E-state index in [1.807, 2.05) is 54.3 Å². The van der Waals surface area contributed by atoms with Crippen molar-refractivity contribution in [2.45, 2.75) is 25.5 Å². The van der Waals surface area contributed by atoms with Gasteiger partial charge in [0.15, 0.2) is 0 Å². The van der Waals surface area contributed by atoms with Gasteiger partial charge >= 0.3 is 0 Å². The predicted molar refractivity (Wildman–Crippen MR) is 114 cm³/mol. The Balaban J connectivity index is 1.33. The van der Waals surface area contributed by atoms with Crippen LogP contribution in [-0.4, -0.2) is 46.6 Å². The zero-order chi connectivity index (χ0) is 20.8. The molecule has 1 aromatic carbocycles. The van der Waals surface area contributed by atoms with E-state index < -0.39 is 0 Å². The van der Waals surface area contributed by atoms with Crippen LogP contribution in [0.25, 0.3) is 22.4 Å². The van der Waals surface area contributed by atoms with Crippen LogP contribution in [0.15, 0.2) is 55.0 Å². The van der Waals surface area contributed by atoms with Gasteiger partial charge in [0.05, 0.1) is 12.7 Å². The minimum atomic E-state index is -0.123. The number of pyridine rings is 1. The van der Waals surface area contributed by atoms with Crippen molar-refractivity contribution < 1.29 is 14.3 Å². The highest BCUT2D eigenvalue weighted by Crippen LogP contribution is 2.30. The van der Waals surface area contributed by atoms with E-state index in [9.17, 15) is 4.79 Å². The number of nitrogens with zero attached hydrogens (tertiary/aromatic N) is 3. The number of carbonyl (C=O) groups excluding carboxylic acids is 1. The van der Waals surface area contributed by atoms with Crippen LogP contribution in [0.4, 0.5) is 0 Å². The van der Waals surface area contributed by atoms with Gasteiger partial charge in [-0.15, -0.1) is 0 Å². The fourth-order valence-corrected chi connectivity index (χ4v) is 3.54. The first-order valence-corrected chi connectivity index (χ1v) is 10.2. The van der Waals surface area contributed by atoms with Crippen molar-refractivity contribution in [2.24, 2.45) is 7.05 Å². The summed E-state index contributed by atoms with van der Waals surface area (Å²) in [5, 5.41) is 7.52. The lowest BCUT2D eigenvalue weighted by molar-refractivity contribution is -0.127. The number of hydrogen-bond acceptors (Lipinski definition) is 5. The first kappa shape index (κ1) is 20.3. The maximum atomic E-state index is 12.0. The molecule has 7 nitrogen and oxygen atoms in total. The normalized spacial score (nSPS) is 16.0. The van der Waals surface area contributed by atoms with Crippen molar-refractivity contribution in [3.63, 3.8) is 0 Å². The molecule has 0 bridgehead atoms. The Morgan fingerprint density at radius 3 is 2.73 bits per heavy atom. The van der Waals surface area contributed by atoms with Crippen molar-refractivity contribution in [3.8, 4) is 22.4 Å². The maximum Gasteiger partial charge on any atom is 0.246 e. The van der Waals surface area contributed by atoms with Gasteiger partial charge in [0.25, 0.3) is 0 Å². The molecule has 4 rings (SSSR count). The van der Waals surface area contributed by atoms with Crippen LogP contribution in [0.3, 0.4) is 0 Å². The molecule has 1 atom stereocenters. The molecule has 0 aliphatic carbocycles. The molecular weight excluding hydrogens is 380 g/mol. The zero-order valence-corrected chi connectivity index (χ0v) is 17.1. The summed E-state index contributed by atoms with van der Waals surface area (Å²) in [6.07, 6.45) is 7.78. The van der Waals surface area contributed by atoms with Gasteiger partial charge in [-0.2, -0.15) is 5.10 Å². The summed E-state index contributed by atoms with van der Waals surface area (Å²) < 4.78 is 12.7. The lowest BCUT2D eigenvalue weighted by atomic mass is 10.0. The summed E-state index contributed by atoms with van der Waals surface area (Å²) >= 11 is 0. The molecule has 1 N–H and O–H groups in total. The van der Waals surface area contributed by atoms with E-state index in [-0.39, 0.29) is 18.6 Å². The molecule has 1 aliphatic heterocycles. The third kappa shape index (κ3) is 5.11. The number of rotatable bonds is 8. The maximum absolute atomic E-state index is 12.0. The smallest absolute Gasteiger partial charge is 0.246 e. The number of ether oxygens (including phenoxy) is 2. The Bertz CT molecular complexity index is 964. The van der Waals surface area contributed by atoms with Crippen LogP contribution in [0.1, 0.15) is 18.4 Å². The van der Waals surface area contributed by atoms with Crippen LogP contribution < -0.4 is 5.32 Å². The van der Waals surface area contributed by atoms with Gasteiger partial charge in [0.1, 0.15) is 12.3 Å². The zero-order valence-electron chi connectivity index (χ0n) is 17.1. The van der Waals surface area contributed by atoms with Gasteiger partial charge in [-0.3, -0.25) is 14.5 Å². The van der Waals surface area contributed by atoms with Gasteiger partial charge in [0.2, 0.25) is 5.91 Å². The molecule has 30 heavy (non-hydrogen) atoms. The van der Waals surface area contributed by atoms with Gasteiger partial charge in [0, 0.05) is 49.9 Å². The minimum absolute atomic E-state index is 0.0567. The second-order valence-electron chi connectivity index (χ2n) is 7.42. The Morgan fingerprint density at radius 1 is 1.20 bits per heavy atom. The fraction of sp³-hybridized carbons (Fsp3) is 0.348. The number of carbonyl (C=O) groups is 1. The highest BCUT2D eigenvalue weighted by molar-refractivity contribution is 5.80. The summed E-state index contributed by atoms with van der Waals surface area (Å²) in [5.74, 6) is -0.123. The van der Waals surface area contributed by atoms with Gasteiger partial charge in [-0.1, -0.05) is 24.3 Å². The van der Waals surface area contributed by atoms with E-state index in [0.717, 1.165) is 47.4 Å². The van der Waals surface area contributed by atoms with Crippen molar-refractivity contribution in [1.29, 1.82) is 0 Å². The number of aryl methyl sites for hydroxylation is 1. The topological polar surface area (TPSA) is 78.3 Å². The number of benzene rings is 1. The molecule has 1 aliphatic rings. The number of hydrogen-bond donors (Lipinski definition) is 1. The highest BCUT2D eigenvalue weighted by atomic mass is 16.5. The molecule has 3 aromatic rings. The molecule has 0 radical (unpaired) electrons. The van der Waals surface area contributed by atoms with Crippen molar-refractivity contribution in [2.75, 3.05) is 19.8 Å². The standard InChI is InChI=1S/C23H26N4O3/c1-27-14-21(18-8-10-24-11-9-18)23(26-27)19-6-4-17(5-7-19)13-25-22(28)16-29-15-20-3-2-12-30-20/h4-11,14,20H,2-3,12-13,15-16H2,1H3,(H,25,28). The van der Waals surface area contributed by atoms with Gasteiger partial charge < -0.3 is 14.8 Å². The second-order valence-corrected chi connectivity index (χ2v) is 7.42. The highest BCUT2D eigenvalue weighted by Gasteiger charge is 2.16. The van der Waals surface area contributed by atoms with E-state index in [0.29, 0.717) is 13.2 Å². The van der Waals surface area contributed by atoms with Crippen LogP contribution in [0, 0.1) is 0 Å². The third-order valence-electron chi connectivity index (χ3n) is 5.10. The Labute approximate surface area is 176 Å². The molecule has 0 saturated carbocycles. The summed E-state index contributed by atoms with van der Waals surface area (Å²) in [5.41, 5.74) is 5.10. The first-order valence-electron chi connectivity index (χ1n) is 10.2. The number of amides is 1. The van der Waals surface area contributed by atoms with Gasteiger partial charge in [-0.25, -0.2) is 0 Å². The first-order chi connectivity index (χ1) is 14.7. The molecule has 2 aromatic heterocycles. The summed E-state index contributed by atoms with van der Waals surface area (Å²) in [7, 11) is 1.92. The van der Waals surface area contributed by atoms with Crippen molar-refractivity contribution in [1.82, 2.24) is 20.1 Å². The summed E-state index contributed by atoms with van der Waals surface area (Å²) in [6, 6.07) is 12.0. The lowest BCUT2D eigenvalue weighted by Crippen LogP contribution is -2.28. The molecule has 1 fully saturated rings. The average molecular weight is 406 g/mol. The third-order valence-corrected chi connectivity index (χ3v) is 5.10. The number of aromatic nitrogens is 3. The van der Waals surface area contributed by atoms with Crippen LogP contribution >= 0.6 is 0 Å². The quantitative estimate of drug-likeness (QED) is 0.622.